The third-order valence-electron chi connectivity index (χ3n) is 2.42. The van der Waals surface area contributed by atoms with Crippen LogP contribution in [0.15, 0.2) is 18.2 Å². The van der Waals surface area contributed by atoms with E-state index in [0.29, 0.717) is 24.4 Å². The Kier molecular flexibility index (Phi) is 2.80. The summed E-state index contributed by atoms with van der Waals surface area (Å²) in [4.78, 5) is 0. The van der Waals surface area contributed by atoms with Crippen molar-refractivity contribution in [3.8, 4) is 5.75 Å². The van der Waals surface area contributed by atoms with Crippen molar-refractivity contribution >= 4 is 0 Å². The van der Waals surface area contributed by atoms with Crippen LogP contribution in [0.25, 0.3) is 0 Å². The number of hydrogen-bond donors (Lipinski definition) is 1. The molecule has 1 saturated heterocycles. The molecule has 0 atom stereocenters. The highest BCUT2D eigenvalue weighted by Gasteiger charge is 2.31. The zero-order chi connectivity index (χ0) is 11.8. The SMILES string of the molecule is Cc1cc(OC2CNC2)cc(C(F)(F)F)c1. The topological polar surface area (TPSA) is 21.3 Å². The van der Waals surface area contributed by atoms with Crippen LogP contribution in [-0.2, 0) is 6.18 Å². The first kappa shape index (κ1) is 11.3. The molecule has 1 heterocycles. The van der Waals surface area contributed by atoms with Crippen LogP contribution in [0.3, 0.4) is 0 Å². The summed E-state index contributed by atoms with van der Waals surface area (Å²) in [6.07, 6.45) is -4.33. The Hall–Kier alpha value is -1.23. The molecular weight excluding hydrogens is 219 g/mol. The lowest BCUT2D eigenvalue weighted by molar-refractivity contribution is -0.137. The maximum Gasteiger partial charge on any atom is 0.416 e. The van der Waals surface area contributed by atoms with Gasteiger partial charge >= 0.3 is 6.18 Å². The van der Waals surface area contributed by atoms with Gasteiger partial charge in [0.1, 0.15) is 11.9 Å². The molecule has 1 aliphatic rings. The third kappa shape index (κ3) is 2.47. The van der Waals surface area contributed by atoms with Crippen LogP contribution in [-0.4, -0.2) is 19.2 Å². The van der Waals surface area contributed by atoms with Gasteiger partial charge in [-0.15, -0.1) is 0 Å². The van der Waals surface area contributed by atoms with Gasteiger partial charge in [-0.05, 0) is 30.7 Å². The van der Waals surface area contributed by atoms with Crippen LogP contribution in [0.4, 0.5) is 13.2 Å². The van der Waals surface area contributed by atoms with E-state index in [1.165, 1.54) is 0 Å². The first-order chi connectivity index (χ1) is 7.45. The Morgan fingerprint density at radius 1 is 1.25 bits per heavy atom. The highest BCUT2D eigenvalue weighted by molar-refractivity contribution is 5.35. The first-order valence-electron chi connectivity index (χ1n) is 5.01. The van der Waals surface area contributed by atoms with Gasteiger partial charge in [-0.25, -0.2) is 0 Å². The van der Waals surface area contributed by atoms with Crippen LogP contribution in [0.2, 0.25) is 0 Å². The molecule has 0 amide bonds. The smallest absolute Gasteiger partial charge is 0.416 e. The zero-order valence-electron chi connectivity index (χ0n) is 8.77. The molecule has 1 aromatic carbocycles. The Morgan fingerprint density at radius 3 is 2.44 bits per heavy atom. The second-order valence-corrected chi connectivity index (χ2v) is 3.93. The van der Waals surface area contributed by atoms with E-state index in [4.69, 9.17) is 4.74 Å². The number of benzene rings is 1. The first-order valence-corrected chi connectivity index (χ1v) is 5.01. The van der Waals surface area contributed by atoms with Crippen molar-refractivity contribution in [3.63, 3.8) is 0 Å². The Bertz CT molecular complexity index is 385. The van der Waals surface area contributed by atoms with Gasteiger partial charge in [0.2, 0.25) is 0 Å². The Balaban J connectivity index is 2.21. The molecule has 16 heavy (non-hydrogen) atoms. The largest absolute Gasteiger partial charge is 0.488 e. The predicted molar refractivity (Wildman–Crippen MR) is 53.5 cm³/mol. The minimum Gasteiger partial charge on any atom is -0.488 e. The lowest BCUT2D eigenvalue weighted by Gasteiger charge is -2.28. The normalized spacial score (nSPS) is 17.0. The number of ether oxygens (including phenoxy) is 1. The minimum atomic E-state index is -4.32. The van der Waals surface area contributed by atoms with E-state index in [0.717, 1.165) is 12.1 Å². The molecule has 2 nitrogen and oxygen atoms in total. The summed E-state index contributed by atoms with van der Waals surface area (Å²) >= 11 is 0. The van der Waals surface area contributed by atoms with Crippen LogP contribution in [0.1, 0.15) is 11.1 Å². The van der Waals surface area contributed by atoms with Crippen LogP contribution in [0, 0.1) is 6.92 Å². The number of hydrogen-bond acceptors (Lipinski definition) is 2. The highest BCUT2D eigenvalue weighted by Crippen LogP contribution is 2.32. The van der Waals surface area contributed by atoms with Crippen LogP contribution < -0.4 is 10.1 Å². The van der Waals surface area contributed by atoms with Crippen molar-refractivity contribution < 1.29 is 17.9 Å². The van der Waals surface area contributed by atoms with Crippen molar-refractivity contribution in [1.29, 1.82) is 0 Å². The molecule has 1 N–H and O–H groups in total. The van der Waals surface area contributed by atoms with Crippen LogP contribution in [0.5, 0.6) is 5.75 Å². The number of halogens is 3. The fourth-order valence-electron chi connectivity index (χ4n) is 1.52. The number of aryl methyl sites for hydroxylation is 1. The molecule has 1 aliphatic heterocycles. The molecular formula is C11H12F3NO. The Morgan fingerprint density at radius 2 is 1.94 bits per heavy atom. The van der Waals surface area contributed by atoms with E-state index in [1.54, 1.807) is 13.0 Å². The molecule has 1 fully saturated rings. The number of nitrogens with one attached hydrogen (secondary N) is 1. The molecule has 0 spiro atoms. The summed E-state index contributed by atoms with van der Waals surface area (Å²) in [6, 6.07) is 3.78. The van der Waals surface area contributed by atoms with Gasteiger partial charge in [-0.2, -0.15) is 13.2 Å². The zero-order valence-corrected chi connectivity index (χ0v) is 8.77. The summed E-state index contributed by atoms with van der Waals surface area (Å²) < 4.78 is 42.9. The Labute approximate surface area is 91.4 Å². The fourth-order valence-corrected chi connectivity index (χ4v) is 1.52. The molecule has 1 aromatic rings. The predicted octanol–water partition coefficient (Wildman–Crippen LogP) is 2.36. The van der Waals surface area contributed by atoms with E-state index in [2.05, 4.69) is 5.32 Å². The fraction of sp³-hybridized carbons (Fsp3) is 0.455. The van der Waals surface area contributed by atoms with Gasteiger partial charge < -0.3 is 10.1 Å². The second kappa shape index (κ2) is 3.97. The molecule has 0 aromatic heterocycles. The maximum atomic E-state index is 12.5. The van der Waals surface area contributed by atoms with E-state index in [9.17, 15) is 13.2 Å². The second-order valence-electron chi connectivity index (χ2n) is 3.93. The van der Waals surface area contributed by atoms with E-state index in [-0.39, 0.29) is 6.10 Å². The molecule has 0 saturated carbocycles. The highest BCUT2D eigenvalue weighted by atomic mass is 19.4. The minimum absolute atomic E-state index is 0.0112. The summed E-state index contributed by atoms with van der Waals surface area (Å²) in [5, 5.41) is 2.99. The van der Waals surface area contributed by atoms with E-state index < -0.39 is 11.7 Å². The lowest BCUT2D eigenvalue weighted by atomic mass is 10.1. The summed E-state index contributed by atoms with van der Waals surface area (Å²) in [5.41, 5.74) is -0.105. The molecule has 2 rings (SSSR count). The quantitative estimate of drug-likeness (QED) is 0.843. The van der Waals surface area contributed by atoms with Crippen molar-refractivity contribution in [3.05, 3.63) is 29.3 Å². The van der Waals surface area contributed by atoms with Crippen LogP contribution >= 0.6 is 0 Å². The summed E-state index contributed by atoms with van der Waals surface area (Å²) in [7, 11) is 0. The molecule has 0 unspecified atom stereocenters. The summed E-state index contributed by atoms with van der Waals surface area (Å²) in [5.74, 6) is 0.291. The average Bonchev–Trinajstić information content (AvgIpc) is 2.09. The molecule has 0 radical (unpaired) electrons. The van der Waals surface area contributed by atoms with E-state index >= 15 is 0 Å². The van der Waals surface area contributed by atoms with Gasteiger partial charge in [0.05, 0.1) is 5.56 Å². The molecule has 88 valence electrons. The van der Waals surface area contributed by atoms with Crippen molar-refractivity contribution in [2.24, 2.45) is 0 Å². The molecule has 0 bridgehead atoms. The van der Waals surface area contributed by atoms with Crippen molar-refractivity contribution in [1.82, 2.24) is 5.32 Å². The van der Waals surface area contributed by atoms with Gasteiger partial charge in [-0.1, -0.05) is 0 Å². The lowest BCUT2D eigenvalue weighted by Crippen LogP contribution is -2.50. The van der Waals surface area contributed by atoms with Gasteiger partial charge in [0, 0.05) is 13.1 Å². The number of alkyl halides is 3. The standard InChI is InChI=1S/C11H12F3NO/c1-7-2-8(11(12,13)14)4-9(3-7)16-10-5-15-6-10/h2-4,10,15H,5-6H2,1H3. The van der Waals surface area contributed by atoms with Crippen molar-refractivity contribution in [2.45, 2.75) is 19.2 Å². The number of rotatable bonds is 2. The average molecular weight is 231 g/mol. The van der Waals surface area contributed by atoms with Gasteiger partial charge in [-0.3, -0.25) is 0 Å². The monoisotopic (exact) mass is 231 g/mol. The third-order valence-corrected chi connectivity index (χ3v) is 2.42. The molecule has 0 aliphatic carbocycles. The van der Waals surface area contributed by atoms with E-state index in [1.807, 2.05) is 0 Å². The summed E-state index contributed by atoms with van der Waals surface area (Å²) in [6.45, 7) is 3.01. The van der Waals surface area contributed by atoms with Gasteiger partial charge in [0.15, 0.2) is 0 Å². The van der Waals surface area contributed by atoms with Gasteiger partial charge in [0.25, 0.3) is 0 Å². The van der Waals surface area contributed by atoms with Crippen molar-refractivity contribution in [2.75, 3.05) is 13.1 Å². The maximum absolute atomic E-state index is 12.5. The molecule has 5 heteroatoms.